The number of hydrogen-bond acceptors (Lipinski definition) is 2. The summed E-state index contributed by atoms with van der Waals surface area (Å²) in [6.45, 7) is 0.0952. The van der Waals surface area contributed by atoms with Crippen molar-refractivity contribution in [2.24, 2.45) is 0 Å². The molecule has 3 nitrogen and oxygen atoms in total. The lowest BCUT2D eigenvalue weighted by molar-refractivity contribution is 0.547. The fourth-order valence-electron chi connectivity index (χ4n) is 2.38. The Balaban J connectivity index is 2.11. The van der Waals surface area contributed by atoms with E-state index in [-0.39, 0.29) is 12.2 Å². The summed E-state index contributed by atoms with van der Waals surface area (Å²) in [5.74, 6) is -2.60. The number of fused-ring (bicyclic) bond motifs is 1. The second kappa shape index (κ2) is 4.77. The van der Waals surface area contributed by atoms with Crippen LogP contribution >= 0.6 is 0 Å². The molecule has 2 aromatic rings. The van der Waals surface area contributed by atoms with Crippen LogP contribution in [-0.4, -0.2) is 15.0 Å². The van der Waals surface area contributed by atoms with Crippen LogP contribution in [-0.2, 0) is 16.4 Å². The number of sulfonamides is 1. The molecule has 0 saturated carbocycles. The van der Waals surface area contributed by atoms with Crippen LogP contribution in [0.1, 0.15) is 5.56 Å². The van der Waals surface area contributed by atoms with E-state index in [0.717, 1.165) is 22.5 Å². The molecule has 0 atom stereocenters. The van der Waals surface area contributed by atoms with E-state index in [9.17, 15) is 21.6 Å². The summed E-state index contributed by atoms with van der Waals surface area (Å²) in [7, 11) is -4.19. The van der Waals surface area contributed by atoms with E-state index in [1.165, 1.54) is 12.1 Å². The maximum atomic E-state index is 13.7. The molecule has 1 aliphatic heterocycles. The van der Waals surface area contributed by atoms with Crippen molar-refractivity contribution in [1.29, 1.82) is 0 Å². The van der Waals surface area contributed by atoms with Crippen molar-refractivity contribution >= 4 is 15.7 Å². The van der Waals surface area contributed by atoms with Crippen molar-refractivity contribution in [3.8, 4) is 0 Å². The van der Waals surface area contributed by atoms with Gasteiger partial charge in [0.15, 0.2) is 0 Å². The van der Waals surface area contributed by atoms with Gasteiger partial charge in [-0.1, -0.05) is 6.07 Å². The number of anilines is 1. The van der Waals surface area contributed by atoms with Gasteiger partial charge in [-0.2, -0.15) is 0 Å². The zero-order valence-electron chi connectivity index (χ0n) is 10.7. The summed E-state index contributed by atoms with van der Waals surface area (Å²) >= 11 is 0. The molecule has 1 aliphatic rings. The molecule has 110 valence electrons. The molecule has 0 fully saturated rings. The van der Waals surface area contributed by atoms with Gasteiger partial charge in [-0.3, -0.25) is 4.31 Å². The summed E-state index contributed by atoms with van der Waals surface area (Å²) < 4.78 is 65.9. The minimum atomic E-state index is -4.19. The fraction of sp³-hybridized carbons (Fsp3) is 0.143. The lowest BCUT2D eigenvalue weighted by atomic mass is 10.2. The summed E-state index contributed by atoms with van der Waals surface area (Å²) in [5.41, 5.74) is 0.862. The minimum Gasteiger partial charge on any atom is -0.266 e. The van der Waals surface area contributed by atoms with Gasteiger partial charge in [-0.05, 0) is 36.2 Å². The number of hydrogen-bond donors (Lipinski definition) is 0. The highest BCUT2D eigenvalue weighted by atomic mass is 32.2. The monoisotopic (exact) mass is 313 g/mol. The normalized spacial score (nSPS) is 14.3. The maximum Gasteiger partial charge on any atom is 0.267 e. The molecule has 0 aromatic heterocycles. The van der Waals surface area contributed by atoms with Crippen molar-refractivity contribution in [2.75, 3.05) is 10.8 Å². The van der Waals surface area contributed by atoms with Crippen LogP contribution in [0.5, 0.6) is 0 Å². The Labute approximate surface area is 119 Å². The Morgan fingerprint density at radius 3 is 2.33 bits per heavy atom. The van der Waals surface area contributed by atoms with Gasteiger partial charge >= 0.3 is 0 Å². The molecular weight excluding hydrogens is 303 g/mol. The molecule has 0 N–H and O–H groups in total. The number of nitrogens with zero attached hydrogens (tertiary/aromatic N) is 1. The highest BCUT2D eigenvalue weighted by Crippen LogP contribution is 2.34. The largest absolute Gasteiger partial charge is 0.267 e. The van der Waals surface area contributed by atoms with Crippen LogP contribution in [0.4, 0.5) is 18.9 Å². The van der Waals surface area contributed by atoms with Crippen LogP contribution in [0, 0.1) is 17.5 Å². The summed E-state index contributed by atoms with van der Waals surface area (Å²) in [4.78, 5) is -0.624. The molecular formula is C14H10F3NO2S. The first-order valence-electron chi connectivity index (χ1n) is 6.16. The standard InChI is InChI=1S/C14H10F3NO2S/c15-10-3-4-14(12(17)7-10)21(19,20)18-6-5-9-1-2-11(16)8-13(9)18/h1-4,7-8H,5-6H2. The van der Waals surface area contributed by atoms with Crippen molar-refractivity contribution < 1.29 is 21.6 Å². The van der Waals surface area contributed by atoms with Crippen molar-refractivity contribution in [3.63, 3.8) is 0 Å². The average Bonchev–Trinajstić information content (AvgIpc) is 2.81. The Bertz CT molecular complexity index is 821. The molecule has 0 amide bonds. The molecule has 0 unspecified atom stereocenters. The molecule has 1 heterocycles. The third-order valence-corrected chi connectivity index (χ3v) is 5.21. The lowest BCUT2D eigenvalue weighted by Crippen LogP contribution is -2.29. The minimum absolute atomic E-state index is 0.0952. The van der Waals surface area contributed by atoms with E-state index in [1.807, 2.05) is 0 Å². The van der Waals surface area contributed by atoms with Crippen molar-refractivity contribution in [3.05, 3.63) is 59.4 Å². The van der Waals surface area contributed by atoms with Gasteiger partial charge in [-0.15, -0.1) is 0 Å². The summed E-state index contributed by atoms with van der Waals surface area (Å²) in [6.07, 6.45) is 0.414. The van der Waals surface area contributed by atoms with Crippen LogP contribution < -0.4 is 4.31 Å². The highest BCUT2D eigenvalue weighted by molar-refractivity contribution is 7.92. The topological polar surface area (TPSA) is 37.4 Å². The Hall–Kier alpha value is -2.02. The maximum absolute atomic E-state index is 13.7. The summed E-state index contributed by atoms with van der Waals surface area (Å²) in [5, 5.41) is 0. The Morgan fingerprint density at radius 2 is 1.62 bits per heavy atom. The quantitative estimate of drug-likeness (QED) is 0.855. The molecule has 21 heavy (non-hydrogen) atoms. The number of rotatable bonds is 2. The highest BCUT2D eigenvalue weighted by Gasteiger charge is 2.33. The Morgan fingerprint density at radius 1 is 0.952 bits per heavy atom. The molecule has 0 aliphatic carbocycles. The second-order valence-electron chi connectivity index (χ2n) is 4.67. The first-order valence-corrected chi connectivity index (χ1v) is 7.60. The molecule has 3 rings (SSSR count). The number of benzene rings is 2. The van der Waals surface area contributed by atoms with E-state index in [0.29, 0.717) is 18.1 Å². The lowest BCUT2D eigenvalue weighted by Gasteiger charge is -2.19. The number of halogens is 3. The van der Waals surface area contributed by atoms with E-state index in [4.69, 9.17) is 0 Å². The van der Waals surface area contributed by atoms with E-state index in [2.05, 4.69) is 0 Å². The van der Waals surface area contributed by atoms with Crippen LogP contribution in [0.2, 0.25) is 0 Å². The van der Waals surface area contributed by atoms with Gasteiger partial charge in [-0.25, -0.2) is 21.6 Å². The van der Waals surface area contributed by atoms with Crippen LogP contribution in [0.15, 0.2) is 41.3 Å². The third kappa shape index (κ3) is 2.27. The zero-order chi connectivity index (χ0) is 15.2. The van der Waals surface area contributed by atoms with Crippen LogP contribution in [0.3, 0.4) is 0 Å². The third-order valence-electron chi connectivity index (χ3n) is 3.36. The SMILES string of the molecule is O=S(=O)(c1ccc(F)cc1F)N1CCc2ccc(F)cc21. The fourth-order valence-corrected chi connectivity index (χ4v) is 3.92. The first-order chi connectivity index (χ1) is 9.89. The van der Waals surface area contributed by atoms with Gasteiger partial charge in [0, 0.05) is 12.6 Å². The molecule has 7 heteroatoms. The molecule has 0 radical (unpaired) electrons. The molecule has 0 bridgehead atoms. The van der Waals surface area contributed by atoms with Gasteiger partial charge in [0.25, 0.3) is 10.0 Å². The van der Waals surface area contributed by atoms with Crippen LogP contribution in [0.25, 0.3) is 0 Å². The van der Waals surface area contributed by atoms with Gasteiger partial charge in [0.1, 0.15) is 22.3 Å². The second-order valence-corrected chi connectivity index (χ2v) is 6.51. The summed E-state index contributed by atoms with van der Waals surface area (Å²) in [6, 6.07) is 6.10. The predicted molar refractivity (Wildman–Crippen MR) is 71.0 cm³/mol. The van der Waals surface area contributed by atoms with Gasteiger partial charge < -0.3 is 0 Å². The van der Waals surface area contributed by atoms with Gasteiger partial charge in [0.05, 0.1) is 5.69 Å². The smallest absolute Gasteiger partial charge is 0.266 e. The van der Waals surface area contributed by atoms with E-state index >= 15 is 0 Å². The average molecular weight is 313 g/mol. The van der Waals surface area contributed by atoms with E-state index in [1.54, 1.807) is 0 Å². The van der Waals surface area contributed by atoms with E-state index < -0.39 is 32.4 Å². The molecule has 0 saturated heterocycles. The van der Waals surface area contributed by atoms with Gasteiger partial charge in [0.2, 0.25) is 0 Å². The van der Waals surface area contributed by atoms with Crippen molar-refractivity contribution in [1.82, 2.24) is 0 Å². The zero-order valence-corrected chi connectivity index (χ0v) is 11.5. The molecule has 2 aromatic carbocycles. The molecule has 0 spiro atoms. The Kier molecular flexibility index (Phi) is 3.16. The predicted octanol–water partition coefficient (Wildman–Crippen LogP) is 2.86. The first kappa shape index (κ1) is 13.9. The van der Waals surface area contributed by atoms with Crippen molar-refractivity contribution in [2.45, 2.75) is 11.3 Å².